The average molecular weight is 823 g/mol. The molecule has 5 heterocycles. The molecule has 0 saturated carbocycles. The lowest BCUT2D eigenvalue weighted by molar-refractivity contribution is -0.135. The lowest BCUT2D eigenvalue weighted by Crippen LogP contribution is -2.46. The quantitative estimate of drug-likeness (QED) is 0.116. The molecule has 3 aliphatic heterocycles. The van der Waals surface area contributed by atoms with Gasteiger partial charge in [-0.25, -0.2) is 19.6 Å². The molecule has 9 rings (SSSR count). The van der Waals surface area contributed by atoms with Crippen LogP contribution in [0.2, 0.25) is 0 Å². The average Bonchev–Trinajstić information content (AvgIpc) is 4.14. The molecule has 4 unspecified atom stereocenters. The number of methoxy groups -OCH3 is 2. The number of nitrogens with one attached hydrogen (secondary N) is 4. The molecule has 2 saturated heterocycles. The van der Waals surface area contributed by atoms with Crippen LogP contribution in [-0.2, 0) is 25.7 Å². The Morgan fingerprint density at radius 1 is 0.738 bits per heavy atom. The Morgan fingerprint density at radius 3 is 2.02 bits per heavy atom. The van der Waals surface area contributed by atoms with E-state index in [0.717, 1.165) is 81.4 Å². The molecule has 0 bridgehead atoms. The maximum Gasteiger partial charge on any atom is 0.407 e. The molecule has 3 aliphatic rings. The minimum absolute atomic E-state index is 0.179. The number of H-pyrrole nitrogens is 2. The van der Waals surface area contributed by atoms with Gasteiger partial charge in [-0.2, -0.15) is 0 Å². The van der Waals surface area contributed by atoms with Crippen LogP contribution >= 0.6 is 0 Å². The van der Waals surface area contributed by atoms with Gasteiger partial charge in [0, 0.05) is 29.6 Å². The van der Waals surface area contributed by atoms with E-state index < -0.39 is 24.3 Å². The SMILES string of the molecule is COC(=O)NC(C)C(=O)N1CCCC1c1ncc(-c2ccc3c(c2)COc2c-3ccc3cc(-c4cnc(C5CCCN5C(=O)C(NC(=O)OC)c5ccccc5)[nH]4)ccc23)[nH]1. The van der Waals surface area contributed by atoms with E-state index in [0.29, 0.717) is 36.9 Å². The molecule has 4 aromatic carbocycles. The number of fused-ring (bicyclic) bond motifs is 5. The summed E-state index contributed by atoms with van der Waals surface area (Å²) in [6, 6.07) is 23.8. The third-order valence-corrected chi connectivity index (χ3v) is 12.0. The first-order valence-corrected chi connectivity index (χ1v) is 20.5. The van der Waals surface area contributed by atoms with Gasteiger partial charge in [-0.05, 0) is 78.4 Å². The number of carbonyl (C=O) groups is 4. The highest BCUT2D eigenvalue weighted by Gasteiger charge is 2.38. The summed E-state index contributed by atoms with van der Waals surface area (Å²) in [6.45, 7) is 3.18. The standard InChI is InChI=1S/C46H46N8O7/c1-26(49-45(57)59-2)43(55)53-19-7-11-37(53)41-47-24-36(51-41)30-14-16-32-31(22-30)25-61-40-33-17-15-29(21-28(33)13-18-34(32)40)35-23-48-42(50-35)38-12-8-20-54(38)44(56)39(52-46(58)60-3)27-9-5-4-6-10-27/h4-6,9-10,13-18,21-24,26,37-39H,7-8,11-12,19-20,25H2,1-3H3,(H,47,51)(H,48,50)(H,49,57)(H,52,58). The predicted molar refractivity (Wildman–Crippen MR) is 226 cm³/mol. The van der Waals surface area contributed by atoms with Crippen LogP contribution in [0.25, 0.3) is 44.4 Å². The largest absolute Gasteiger partial charge is 0.488 e. The zero-order valence-corrected chi connectivity index (χ0v) is 34.1. The van der Waals surface area contributed by atoms with Gasteiger partial charge < -0.3 is 44.6 Å². The number of likely N-dealkylation sites (tertiary alicyclic amines) is 2. The van der Waals surface area contributed by atoms with Gasteiger partial charge in [0.25, 0.3) is 5.91 Å². The summed E-state index contributed by atoms with van der Waals surface area (Å²) in [5.74, 6) is 1.83. The maximum atomic E-state index is 14.0. The number of amides is 4. The van der Waals surface area contributed by atoms with Crippen molar-refractivity contribution >= 4 is 34.8 Å². The highest BCUT2D eigenvalue weighted by molar-refractivity contribution is 5.98. The van der Waals surface area contributed by atoms with Crippen molar-refractivity contribution in [2.45, 2.75) is 63.4 Å². The van der Waals surface area contributed by atoms with E-state index in [9.17, 15) is 19.2 Å². The maximum absolute atomic E-state index is 14.0. The number of nitrogens with zero attached hydrogens (tertiary/aromatic N) is 4. The summed E-state index contributed by atoms with van der Waals surface area (Å²) in [4.78, 5) is 71.1. The zero-order valence-electron chi connectivity index (χ0n) is 34.1. The Hall–Kier alpha value is -7.16. The van der Waals surface area contributed by atoms with Crippen molar-refractivity contribution in [2.24, 2.45) is 0 Å². The molecule has 0 aliphatic carbocycles. The van der Waals surface area contributed by atoms with Crippen LogP contribution in [0.1, 0.15) is 73.5 Å². The molecule has 2 aromatic heterocycles. The lowest BCUT2D eigenvalue weighted by atomic mass is 9.92. The number of hydrogen-bond acceptors (Lipinski definition) is 9. The van der Waals surface area contributed by atoms with Gasteiger partial charge in [0.15, 0.2) is 0 Å². The van der Waals surface area contributed by atoms with Gasteiger partial charge in [-0.1, -0.05) is 60.7 Å². The van der Waals surface area contributed by atoms with Crippen LogP contribution in [0, 0.1) is 0 Å². The van der Waals surface area contributed by atoms with E-state index in [1.807, 2.05) is 30.3 Å². The first-order valence-electron chi connectivity index (χ1n) is 20.5. The molecule has 0 radical (unpaired) electrons. The van der Waals surface area contributed by atoms with Crippen molar-refractivity contribution in [3.05, 3.63) is 114 Å². The number of ether oxygens (including phenoxy) is 3. The molecule has 312 valence electrons. The van der Waals surface area contributed by atoms with Crippen LogP contribution in [0.15, 0.2) is 91.3 Å². The van der Waals surface area contributed by atoms with Crippen molar-refractivity contribution < 1.29 is 33.4 Å². The number of aromatic amines is 2. The van der Waals surface area contributed by atoms with Gasteiger partial charge in [-0.3, -0.25) is 9.59 Å². The van der Waals surface area contributed by atoms with Gasteiger partial charge in [0.05, 0.1) is 50.1 Å². The number of imidazole rings is 2. The van der Waals surface area contributed by atoms with E-state index in [1.54, 1.807) is 29.1 Å². The van der Waals surface area contributed by atoms with Crippen molar-refractivity contribution in [1.82, 2.24) is 40.4 Å². The Bertz CT molecular complexity index is 2640. The van der Waals surface area contributed by atoms with Crippen LogP contribution in [0.4, 0.5) is 9.59 Å². The predicted octanol–water partition coefficient (Wildman–Crippen LogP) is 7.35. The Morgan fingerprint density at radius 2 is 1.34 bits per heavy atom. The normalized spacial score (nSPS) is 17.8. The Balaban J connectivity index is 0.914. The molecule has 61 heavy (non-hydrogen) atoms. The van der Waals surface area contributed by atoms with Crippen molar-refractivity contribution in [3.63, 3.8) is 0 Å². The summed E-state index contributed by atoms with van der Waals surface area (Å²) in [5.41, 5.74) is 7.43. The molecule has 0 spiro atoms. The fourth-order valence-corrected chi connectivity index (χ4v) is 8.89. The van der Waals surface area contributed by atoms with Crippen molar-refractivity contribution in [2.75, 3.05) is 27.3 Å². The molecule has 4 amide bonds. The minimum Gasteiger partial charge on any atom is -0.488 e. The number of benzene rings is 4. The highest BCUT2D eigenvalue weighted by atomic mass is 16.5. The Labute approximate surface area is 351 Å². The van der Waals surface area contributed by atoms with Gasteiger partial charge >= 0.3 is 12.2 Å². The third-order valence-electron chi connectivity index (χ3n) is 12.0. The highest BCUT2D eigenvalue weighted by Crippen LogP contribution is 2.44. The van der Waals surface area contributed by atoms with Crippen LogP contribution in [-0.4, -0.2) is 87.1 Å². The molecular weight excluding hydrogens is 777 g/mol. The van der Waals surface area contributed by atoms with Crippen molar-refractivity contribution in [3.8, 4) is 39.4 Å². The van der Waals surface area contributed by atoms with E-state index in [-0.39, 0.29) is 23.9 Å². The summed E-state index contributed by atoms with van der Waals surface area (Å²) >= 11 is 0. The first kappa shape index (κ1) is 39.3. The van der Waals surface area contributed by atoms with Crippen LogP contribution in [0.5, 0.6) is 5.75 Å². The molecule has 6 aromatic rings. The summed E-state index contributed by atoms with van der Waals surface area (Å²) < 4.78 is 16.0. The van der Waals surface area contributed by atoms with Crippen LogP contribution in [0.3, 0.4) is 0 Å². The number of rotatable bonds is 9. The van der Waals surface area contributed by atoms with E-state index >= 15 is 0 Å². The molecule has 4 atom stereocenters. The van der Waals surface area contributed by atoms with Gasteiger partial charge in [0.1, 0.15) is 36.1 Å². The number of aromatic nitrogens is 4. The number of carbonyl (C=O) groups excluding carboxylic acids is 4. The molecule has 15 nitrogen and oxygen atoms in total. The summed E-state index contributed by atoms with van der Waals surface area (Å²) in [7, 11) is 2.55. The lowest BCUT2D eigenvalue weighted by Gasteiger charge is -2.28. The molecule has 15 heteroatoms. The van der Waals surface area contributed by atoms with Gasteiger partial charge in [-0.15, -0.1) is 0 Å². The topological polar surface area (TPSA) is 184 Å². The third kappa shape index (κ3) is 7.51. The van der Waals surface area contributed by atoms with E-state index in [1.165, 1.54) is 14.2 Å². The van der Waals surface area contributed by atoms with Gasteiger partial charge in [0.2, 0.25) is 5.91 Å². The van der Waals surface area contributed by atoms with Crippen LogP contribution < -0.4 is 15.4 Å². The Kier molecular flexibility index (Phi) is 10.6. The second-order valence-electron chi connectivity index (χ2n) is 15.6. The summed E-state index contributed by atoms with van der Waals surface area (Å²) in [6.07, 6.45) is 5.45. The number of alkyl carbamates (subject to hydrolysis) is 2. The monoisotopic (exact) mass is 822 g/mol. The fourth-order valence-electron chi connectivity index (χ4n) is 8.89. The second-order valence-corrected chi connectivity index (χ2v) is 15.6. The molecular formula is C46H46N8O7. The first-order chi connectivity index (χ1) is 29.7. The number of hydrogen-bond donors (Lipinski definition) is 4. The molecule has 2 fully saturated rings. The second kappa shape index (κ2) is 16.5. The minimum atomic E-state index is -0.890. The molecule has 4 N–H and O–H groups in total. The fraction of sp³-hybridized carbons (Fsp3) is 0.304. The van der Waals surface area contributed by atoms with E-state index in [4.69, 9.17) is 14.5 Å². The van der Waals surface area contributed by atoms with E-state index in [2.05, 4.69) is 78.9 Å². The summed E-state index contributed by atoms with van der Waals surface area (Å²) in [5, 5.41) is 7.31. The smallest absolute Gasteiger partial charge is 0.407 e. The zero-order chi connectivity index (χ0) is 42.2. The van der Waals surface area contributed by atoms with Crippen molar-refractivity contribution in [1.29, 1.82) is 0 Å².